The fourth-order valence-corrected chi connectivity index (χ4v) is 2.82. The summed E-state index contributed by atoms with van der Waals surface area (Å²) in [5, 5.41) is 12.7. The van der Waals surface area contributed by atoms with Crippen molar-refractivity contribution in [1.82, 2.24) is 0 Å². The number of carbonyl (C=O) groups is 1. The number of amides is 1. The van der Waals surface area contributed by atoms with Crippen molar-refractivity contribution in [2.75, 3.05) is 18.5 Å². The van der Waals surface area contributed by atoms with Crippen LogP contribution in [0.2, 0.25) is 10.0 Å². The van der Waals surface area contributed by atoms with E-state index < -0.39 is 5.91 Å². The van der Waals surface area contributed by atoms with E-state index in [0.717, 1.165) is 0 Å². The summed E-state index contributed by atoms with van der Waals surface area (Å²) < 4.78 is 10.9. The van der Waals surface area contributed by atoms with Crippen LogP contribution < -0.4 is 14.8 Å². The molecule has 7 heteroatoms. The van der Waals surface area contributed by atoms with Gasteiger partial charge in [0, 0.05) is 15.7 Å². The largest absolute Gasteiger partial charge is 0.486 e. The van der Waals surface area contributed by atoms with Crippen molar-refractivity contribution < 1.29 is 14.3 Å². The van der Waals surface area contributed by atoms with Gasteiger partial charge in [-0.15, -0.1) is 0 Å². The first kappa shape index (κ1) is 17.2. The number of halogens is 2. The Morgan fingerprint density at radius 2 is 1.76 bits per heavy atom. The zero-order valence-electron chi connectivity index (χ0n) is 12.9. The Kier molecular flexibility index (Phi) is 5.13. The average Bonchev–Trinajstić information content (AvgIpc) is 2.58. The molecule has 1 amide bonds. The van der Waals surface area contributed by atoms with Crippen LogP contribution in [0.15, 0.2) is 42.0 Å². The van der Waals surface area contributed by atoms with E-state index in [-0.39, 0.29) is 5.57 Å². The first-order valence-corrected chi connectivity index (χ1v) is 8.09. The van der Waals surface area contributed by atoms with Gasteiger partial charge >= 0.3 is 0 Å². The van der Waals surface area contributed by atoms with E-state index in [1.165, 1.54) is 6.08 Å². The molecule has 0 saturated heterocycles. The van der Waals surface area contributed by atoms with Gasteiger partial charge in [-0.3, -0.25) is 4.79 Å². The number of benzene rings is 2. The summed E-state index contributed by atoms with van der Waals surface area (Å²) in [7, 11) is 0. The highest BCUT2D eigenvalue weighted by molar-refractivity contribution is 6.35. The summed E-state index contributed by atoms with van der Waals surface area (Å²) in [4.78, 5) is 12.3. The van der Waals surface area contributed by atoms with Crippen LogP contribution in [-0.2, 0) is 4.79 Å². The Hall–Kier alpha value is -2.68. The van der Waals surface area contributed by atoms with E-state index in [4.69, 9.17) is 32.7 Å². The highest BCUT2D eigenvalue weighted by atomic mass is 35.5. The number of anilines is 1. The first-order chi connectivity index (χ1) is 12.0. The summed E-state index contributed by atoms with van der Waals surface area (Å²) >= 11 is 11.8. The Morgan fingerprint density at radius 3 is 2.44 bits per heavy atom. The number of hydrogen-bond acceptors (Lipinski definition) is 4. The Morgan fingerprint density at radius 1 is 1.08 bits per heavy atom. The molecular weight excluding hydrogens is 363 g/mol. The maximum atomic E-state index is 12.3. The molecule has 0 bridgehead atoms. The maximum absolute atomic E-state index is 12.3. The molecule has 1 aliphatic rings. The van der Waals surface area contributed by atoms with Gasteiger partial charge in [0.2, 0.25) is 0 Å². The van der Waals surface area contributed by atoms with Crippen LogP contribution in [0.1, 0.15) is 5.56 Å². The van der Waals surface area contributed by atoms with Gasteiger partial charge in [-0.1, -0.05) is 29.3 Å². The third kappa shape index (κ3) is 4.24. The number of ether oxygens (including phenoxy) is 2. The van der Waals surface area contributed by atoms with Crippen LogP contribution in [0, 0.1) is 11.3 Å². The van der Waals surface area contributed by atoms with Crippen molar-refractivity contribution in [2.24, 2.45) is 0 Å². The van der Waals surface area contributed by atoms with Gasteiger partial charge in [0.1, 0.15) is 24.9 Å². The maximum Gasteiger partial charge on any atom is 0.266 e. The second kappa shape index (κ2) is 7.47. The molecule has 126 valence electrons. The van der Waals surface area contributed by atoms with Crippen LogP contribution in [0.4, 0.5) is 5.69 Å². The monoisotopic (exact) mass is 374 g/mol. The van der Waals surface area contributed by atoms with E-state index in [1.807, 2.05) is 6.07 Å². The molecule has 0 atom stereocenters. The number of rotatable bonds is 3. The summed E-state index contributed by atoms with van der Waals surface area (Å²) in [6.45, 7) is 0.956. The number of carbonyl (C=O) groups excluding carboxylic acids is 1. The van der Waals surface area contributed by atoms with Gasteiger partial charge in [-0.25, -0.2) is 0 Å². The SMILES string of the molecule is N#C/C(=C\c1ccc2c(c1)OCCO2)C(=O)Nc1cc(Cl)cc(Cl)c1. The fraction of sp³-hybridized carbons (Fsp3) is 0.111. The normalized spacial score (nSPS) is 13.1. The van der Waals surface area contributed by atoms with Crippen LogP contribution in [0.3, 0.4) is 0 Å². The van der Waals surface area contributed by atoms with Gasteiger partial charge in [-0.05, 0) is 42.0 Å². The van der Waals surface area contributed by atoms with Crippen LogP contribution in [0.25, 0.3) is 6.08 Å². The second-order valence-corrected chi connectivity index (χ2v) is 6.06. The topological polar surface area (TPSA) is 71.3 Å². The number of nitriles is 1. The highest BCUT2D eigenvalue weighted by Crippen LogP contribution is 2.31. The van der Waals surface area contributed by atoms with Crippen molar-refractivity contribution in [3.63, 3.8) is 0 Å². The number of hydrogen-bond donors (Lipinski definition) is 1. The van der Waals surface area contributed by atoms with Gasteiger partial charge in [0.25, 0.3) is 5.91 Å². The predicted molar refractivity (Wildman–Crippen MR) is 96.1 cm³/mol. The van der Waals surface area contributed by atoms with Crippen molar-refractivity contribution in [3.05, 3.63) is 57.6 Å². The Labute approximate surface area is 154 Å². The molecule has 25 heavy (non-hydrogen) atoms. The molecule has 0 saturated carbocycles. The van der Waals surface area contributed by atoms with Crippen molar-refractivity contribution in [2.45, 2.75) is 0 Å². The lowest BCUT2D eigenvalue weighted by molar-refractivity contribution is -0.112. The lowest BCUT2D eigenvalue weighted by atomic mass is 10.1. The molecule has 5 nitrogen and oxygen atoms in total. The van der Waals surface area contributed by atoms with Crippen LogP contribution in [0.5, 0.6) is 11.5 Å². The molecule has 0 radical (unpaired) electrons. The van der Waals surface area contributed by atoms with Crippen molar-refractivity contribution in [3.8, 4) is 17.6 Å². The third-order valence-corrected chi connectivity index (χ3v) is 3.80. The quantitative estimate of drug-likeness (QED) is 0.641. The van der Waals surface area contributed by atoms with E-state index in [1.54, 1.807) is 36.4 Å². The van der Waals surface area contributed by atoms with Gasteiger partial charge in [0.05, 0.1) is 0 Å². The third-order valence-electron chi connectivity index (χ3n) is 3.36. The molecular formula is C18H12Cl2N2O3. The molecule has 0 aliphatic carbocycles. The van der Waals surface area contributed by atoms with Gasteiger partial charge in [0.15, 0.2) is 11.5 Å². The number of fused-ring (bicyclic) bond motifs is 1. The minimum atomic E-state index is -0.560. The minimum absolute atomic E-state index is 0.0622. The minimum Gasteiger partial charge on any atom is -0.486 e. The summed E-state index contributed by atoms with van der Waals surface area (Å²) in [6.07, 6.45) is 1.47. The summed E-state index contributed by atoms with van der Waals surface area (Å²) in [6, 6.07) is 11.7. The van der Waals surface area contributed by atoms with Gasteiger partial charge in [-0.2, -0.15) is 5.26 Å². The first-order valence-electron chi connectivity index (χ1n) is 7.34. The molecule has 0 spiro atoms. The second-order valence-electron chi connectivity index (χ2n) is 5.19. The average molecular weight is 375 g/mol. The molecule has 2 aromatic carbocycles. The van der Waals surface area contributed by atoms with Crippen molar-refractivity contribution in [1.29, 1.82) is 5.26 Å². The van der Waals surface area contributed by atoms with Crippen LogP contribution in [-0.4, -0.2) is 19.1 Å². The molecule has 0 aromatic heterocycles. The number of nitrogens with one attached hydrogen (secondary N) is 1. The molecule has 0 fully saturated rings. The number of nitrogens with zero attached hydrogens (tertiary/aromatic N) is 1. The molecule has 3 rings (SSSR count). The fourth-order valence-electron chi connectivity index (χ4n) is 2.29. The smallest absolute Gasteiger partial charge is 0.266 e. The lowest BCUT2D eigenvalue weighted by Crippen LogP contribution is -2.15. The Balaban J connectivity index is 1.82. The molecule has 1 N–H and O–H groups in total. The zero-order chi connectivity index (χ0) is 17.8. The van der Waals surface area contributed by atoms with Gasteiger partial charge < -0.3 is 14.8 Å². The summed E-state index contributed by atoms with van der Waals surface area (Å²) in [5.41, 5.74) is 0.999. The van der Waals surface area contributed by atoms with E-state index in [2.05, 4.69) is 5.32 Å². The predicted octanol–water partition coefficient (Wildman–Crippen LogP) is 4.31. The van der Waals surface area contributed by atoms with E-state index in [0.29, 0.717) is 46.0 Å². The molecule has 2 aromatic rings. The lowest BCUT2D eigenvalue weighted by Gasteiger charge is -2.18. The van der Waals surface area contributed by atoms with E-state index >= 15 is 0 Å². The zero-order valence-corrected chi connectivity index (χ0v) is 14.4. The standard InChI is InChI=1S/C18H12Cl2N2O3/c19-13-7-14(20)9-15(8-13)22-18(23)12(10-21)5-11-1-2-16-17(6-11)25-4-3-24-16/h1-2,5-9H,3-4H2,(H,22,23)/b12-5+. The highest BCUT2D eigenvalue weighted by Gasteiger charge is 2.14. The molecule has 1 aliphatic heterocycles. The van der Waals surface area contributed by atoms with Crippen LogP contribution >= 0.6 is 23.2 Å². The molecule has 0 unspecified atom stereocenters. The molecule has 1 heterocycles. The van der Waals surface area contributed by atoms with E-state index in [9.17, 15) is 10.1 Å². The Bertz CT molecular complexity index is 883. The van der Waals surface area contributed by atoms with Crippen molar-refractivity contribution >= 4 is 40.9 Å². The summed E-state index contributed by atoms with van der Waals surface area (Å²) in [5.74, 6) is 0.662.